The minimum absolute atomic E-state index is 0.00111. The minimum atomic E-state index is -3.47. The molecule has 3 aromatic carbocycles. The molecule has 5 atom stereocenters. The van der Waals surface area contributed by atoms with Crippen LogP contribution in [-0.4, -0.2) is 51.3 Å². The third kappa shape index (κ3) is 6.42. The van der Waals surface area contributed by atoms with Crippen LogP contribution in [0.5, 0.6) is 0 Å². The van der Waals surface area contributed by atoms with Crippen LogP contribution in [0, 0.1) is 0 Å². The molecule has 7 heteroatoms. The molecular formula is C31H34O6S. The fourth-order valence-electron chi connectivity index (χ4n) is 5.18. The molecule has 2 aliphatic heterocycles. The number of fused-ring (bicyclic) bond motifs is 1. The number of sulfone groups is 1. The molecule has 38 heavy (non-hydrogen) atoms. The Kier molecular flexibility index (Phi) is 8.72. The molecule has 0 N–H and O–H groups in total. The molecular weight excluding hydrogens is 500 g/mol. The van der Waals surface area contributed by atoms with Crippen LogP contribution in [-0.2, 0) is 42.0 Å². The minimum Gasteiger partial charge on any atom is -0.374 e. The first-order valence-corrected chi connectivity index (χ1v) is 14.7. The molecule has 2 fully saturated rings. The Morgan fingerprint density at radius 3 is 2.24 bits per heavy atom. The molecule has 2 saturated heterocycles. The molecule has 2 heterocycles. The second-order valence-corrected chi connectivity index (χ2v) is 11.9. The van der Waals surface area contributed by atoms with E-state index in [9.17, 15) is 8.42 Å². The summed E-state index contributed by atoms with van der Waals surface area (Å²) in [4.78, 5) is 0.309. The highest BCUT2D eigenvalue weighted by Gasteiger charge is 2.51. The van der Waals surface area contributed by atoms with Crippen LogP contribution in [0.1, 0.15) is 29.5 Å². The molecule has 0 amide bonds. The number of hydrogen-bond acceptors (Lipinski definition) is 6. The summed E-state index contributed by atoms with van der Waals surface area (Å²) in [7, 11) is -3.47. The van der Waals surface area contributed by atoms with E-state index in [1.165, 1.54) is 0 Å². The van der Waals surface area contributed by atoms with E-state index in [-0.39, 0.29) is 36.3 Å². The Morgan fingerprint density at radius 2 is 1.53 bits per heavy atom. The predicted octanol–water partition coefficient (Wildman–Crippen LogP) is 5.22. The molecule has 3 aromatic rings. The van der Waals surface area contributed by atoms with Gasteiger partial charge < -0.3 is 18.9 Å². The third-order valence-electron chi connectivity index (χ3n) is 7.11. The summed E-state index contributed by atoms with van der Waals surface area (Å²) in [5, 5.41) is 0. The molecule has 2 aliphatic rings. The monoisotopic (exact) mass is 534 g/mol. The molecule has 0 aliphatic carbocycles. The van der Waals surface area contributed by atoms with Gasteiger partial charge >= 0.3 is 0 Å². The molecule has 200 valence electrons. The summed E-state index contributed by atoms with van der Waals surface area (Å²) in [5.41, 5.74) is 2.79. The van der Waals surface area contributed by atoms with E-state index in [0.29, 0.717) is 43.1 Å². The molecule has 0 aromatic heterocycles. The van der Waals surface area contributed by atoms with Gasteiger partial charge in [-0.15, -0.1) is 0 Å². The van der Waals surface area contributed by atoms with Crippen molar-refractivity contribution in [2.45, 2.75) is 61.5 Å². The lowest BCUT2D eigenvalue weighted by Crippen LogP contribution is -2.37. The first-order valence-electron chi connectivity index (χ1n) is 13.1. The van der Waals surface area contributed by atoms with E-state index in [1.54, 1.807) is 24.3 Å². The number of benzene rings is 3. The van der Waals surface area contributed by atoms with Gasteiger partial charge in [0, 0.05) is 6.42 Å². The average molecular weight is 535 g/mol. The highest BCUT2D eigenvalue weighted by atomic mass is 32.2. The van der Waals surface area contributed by atoms with Gasteiger partial charge in [-0.05, 0) is 29.2 Å². The molecule has 0 radical (unpaired) electrons. The van der Waals surface area contributed by atoms with E-state index in [1.807, 2.05) is 66.7 Å². The van der Waals surface area contributed by atoms with Crippen LogP contribution in [0.2, 0.25) is 0 Å². The van der Waals surface area contributed by atoms with Gasteiger partial charge in [0.05, 0.1) is 42.7 Å². The van der Waals surface area contributed by atoms with Gasteiger partial charge in [0.25, 0.3) is 0 Å². The first-order chi connectivity index (χ1) is 18.5. The maximum absolute atomic E-state index is 13.1. The van der Waals surface area contributed by atoms with Crippen molar-refractivity contribution < 1.29 is 27.4 Å². The van der Waals surface area contributed by atoms with Crippen molar-refractivity contribution in [3.8, 4) is 0 Å². The summed E-state index contributed by atoms with van der Waals surface area (Å²) >= 11 is 0. The standard InChI is InChI=1S/C31H34O6S/c1-2-25-15-9-10-16-29(25)38(32,33)18-17-26-19-27-31(36-26)30(35-21-24-13-7-4-8-14-24)28(37-27)22-34-20-23-11-5-3-6-12-23/h2-16,26-28,30-31H,1,17-22H2/t26-,27+,28-,30-,31-/m1/s1. The van der Waals surface area contributed by atoms with Crippen LogP contribution in [0.25, 0.3) is 6.08 Å². The van der Waals surface area contributed by atoms with Crippen molar-refractivity contribution in [3.63, 3.8) is 0 Å². The summed E-state index contributed by atoms with van der Waals surface area (Å²) in [6.45, 7) is 5.07. The lowest BCUT2D eigenvalue weighted by molar-refractivity contribution is -0.101. The molecule has 6 nitrogen and oxygen atoms in total. The maximum Gasteiger partial charge on any atom is 0.179 e. The van der Waals surface area contributed by atoms with E-state index < -0.39 is 9.84 Å². The highest BCUT2D eigenvalue weighted by Crippen LogP contribution is 2.38. The number of ether oxygens (including phenoxy) is 4. The average Bonchev–Trinajstić information content (AvgIpc) is 3.49. The lowest BCUT2D eigenvalue weighted by Gasteiger charge is -2.24. The zero-order chi connectivity index (χ0) is 26.4. The fraction of sp³-hybridized carbons (Fsp3) is 0.355. The van der Waals surface area contributed by atoms with Crippen LogP contribution >= 0.6 is 0 Å². The molecule has 0 saturated carbocycles. The van der Waals surface area contributed by atoms with Crippen molar-refractivity contribution in [2.24, 2.45) is 0 Å². The summed E-state index contributed by atoms with van der Waals surface area (Å²) in [6.07, 6.45) is 1.39. The second-order valence-electron chi connectivity index (χ2n) is 9.78. The van der Waals surface area contributed by atoms with E-state index >= 15 is 0 Å². The summed E-state index contributed by atoms with van der Waals surface area (Å²) < 4.78 is 51.2. The summed E-state index contributed by atoms with van der Waals surface area (Å²) in [5.74, 6) is 0.00111. The van der Waals surface area contributed by atoms with Crippen LogP contribution in [0.4, 0.5) is 0 Å². The van der Waals surface area contributed by atoms with Crippen molar-refractivity contribution in [1.82, 2.24) is 0 Å². The molecule has 0 unspecified atom stereocenters. The normalized spacial score (nSPS) is 24.8. The zero-order valence-electron chi connectivity index (χ0n) is 21.4. The van der Waals surface area contributed by atoms with Gasteiger partial charge in [-0.2, -0.15) is 0 Å². The van der Waals surface area contributed by atoms with Crippen molar-refractivity contribution in [1.29, 1.82) is 0 Å². The summed E-state index contributed by atoms with van der Waals surface area (Å²) in [6, 6.07) is 27.0. The van der Waals surface area contributed by atoms with Crippen LogP contribution in [0.15, 0.2) is 96.4 Å². The Hall–Kier alpha value is -2.81. The van der Waals surface area contributed by atoms with Gasteiger partial charge in [-0.25, -0.2) is 8.42 Å². The van der Waals surface area contributed by atoms with Crippen LogP contribution < -0.4 is 0 Å². The van der Waals surface area contributed by atoms with Crippen molar-refractivity contribution in [2.75, 3.05) is 12.4 Å². The Bertz CT molecular complexity index is 1290. The number of rotatable bonds is 12. The van der Waals surface area contributed by atoms with Crippen LogP contribution in [0.3, 0.4) is 0 Å². The molecule has 0 bridgehead atoms. The Labute approximate surface area is 225 Å². The van der Waals surface area contributed by atoms with Gasteiger partial charge in [0.15, 0.2) is 9.84 Å². The van der Waals surface area contributed by atoms with Gasteiger partial charge in [0.2, 0.25) is 0 Å². The van der Waals surface area contributed by atoms with E-state index in [4.69, 9.17) is 18.9 Å². The highest BCUT2D eigenvalue weighted by molar-refractivity contribution is 7.91. The van der Waals surface area contributed by atoms with Crippen molar-refractivity contribution >= 4 is 15.9 Å². The lowest BCUT2D eigenvalue weighted by atomic mass is 10.1. The largest absolute Gasteiger partial charge is 0.374 e. The Balaban J connectivity index is 1.21. The smallest absolute Gasteiger partial charge is 0.179 e. The molecule has 5 rings (SSSR count). The maximum atomic E-state index is 13.1. The van der Waals surface area contributed by atoms with Gasteiger partial charge in [-0.1, -0.05) is 91.5 Å². The van der Waals surface area contributed by atoms with Gasteiger partial charge in [-0.3, -0.25) is 0 Å². The van der Waals surface area contributed by atoms with Crippen molar-refractivity contribution in [3.05, 3.63) is 108 Å². The SMILES string of the molecule is C=Cc1ccccc1S(=O)(=O)CC[C@@H]1C[C@@H]2O[C@H](COCc3ccccc3)[C@@H](OCc3ccccc3)[C@@H]2O1. The third-order valence-corrected chi connectivity index (χ3v) is 8.93. The predicted molar refractivity (Wildman–Crippen MR) is 146 cm³/mol. The fourth-order valence-corrected chi connectivity index (χ4v) is 6.77. The Morgan fingerprint density at radius 1 is 0.868 bits per heavy atom. The first kappa shape index (κ1) is 26.8. The van der Waals surface area contributed by atoms with E-state index in [2.05, 4.69) is 6.58 Å². The topological polar surface area (TPSA) is 71.1 Å². The quantitative estimate of drug-likeness (QED) is 0.317. The van der Waals surface area contributed by atoms with Gasteiger partial charge in [0.1, 0.15) is 18.3 Å². The second kappa shape index (κ2) is 12.4. The molecule has 0 spiro atoms. The number of hydrogen-bond donors (Lipinski definition) is 0. The van der Waals surface area contributed by atoms with E-state index in [0.717, 1.165) is 11.1 Å². The zero-order valence-corrected chi connectivity index (χ0v) is 22.2.